The van der Waals surface area contributed by atoms with Gasteiger partial charge in [0.25, 0.3) is 5.91 Å². The van der Waals surface area contributed by atoms with Crippen LogP contribution in [0.3, 0.4) is 0 Å². The Morgan fingerprint density at radius 3 is 2.47 bits per heavy atom. The first-order valence-corrected chi connectivity index (χ1v) is 10.3. The summed E-state index contributed by atoms with van der Waals surface area (Å²) >= 11 is 0. The number of aliphatic imine (C=N–C) groups is 1. The van der Waals surface area contributed by atoms with Crippen LogP contribution in [0.4, 0.5) is 11.4 Å². The zero-order chi connectivity index (χ0) is 23.3. The van der Waals surface area contributed by atoms with Crippen molar-refractivity contribution in [3.8, 4) is 0 Å². The zero-order valence-corrected chi connectivity index (χ0v) is 18.2. The Morgan fingerprint density at radius 2 is 1.81 bits per heavy atom. The molecule has 9 nitrogen and oxygen atoms in total. The van der Waals surface area contributed by atoms with Gasteiger partial charge in [0.05, 0.1) is 13.2 Å². The molecule has 0 atom stereocenters. The number of nitrogens with two attached hydrogens (primary N) is 1. The molecule has 0 spiro atoms. The first kappa shape index (κ1) is 23.0. The first-order valence-electron chi connectivity index (χ1n) is 10.3. The molecule has 1 heterocycles. The van der Waals surface area contributed by atoms with E-state index in [4.69, 9.17) is 5.73 Å². The Bertz CT molecular complexity index is 1050. The fourth-order valence-electron chi connectivity index (χ4n) is 3.43. The highest BCUT2D eigenvalue weighted by Gasteiger charge is 2.18. The average molecular weight is 438 g/mol. The van der Waals surface area contributed by atoms with Gasteiger partial charge in [0, 0.05) is 56.0 Å². The van der Waals surface area contributed by atoms with Gasteiger partial charge in [0.1, 0.15) is 5.84 Å². The van der Waals surface area contributed by atoms with Crippen LogP contribution in [-0.4, -0.2) is 60.8 Å². The number of amides is 3. The maximum absolute atomic E-state index is 12.7. The summed E-state index contributed by atoms with van der Waals surface area (Å²) in [6, 6.07) is 12.0. The van der Waals surface area contributed by atoms with Gasteiger partial charge < -0.3 is 26.0 Å². The number of anilines is 2. The second-order valence-electron chi connectivity index (χ2n) is 7.64. The standard InChI is InChI=1S/C23H27N5O4/c1-27(2)23(32)15-3-6-18(7-4-15)28(11-12-29)21(31)10-9-20(30)26-17-5-8-19-16(13-17)14-25-22(19)24/h3-8,13,29H,9-12,14H2,1-2H3,(H2,24,25)(H,26,30). The number of rotatable bonds is 8. The van der Waals surface area contributed by atoms with Gasteiger partial charge in [-0.2, -0.15) is 0 Å². The highest BCUT2D eigenvalue weighted by Crippen LogP contribution is 2.22. The second kappa shape index (κ2) is 10.1. The number of carbonyl (C=O) groups is 3. The third-order valence-corrected chi connectivity index (χ3v) is 5.11. The number of amidine groups is 1. The van der Waals surface area contributed by atoms with Crippen LogP contribution in [-0.2, 0) is 16.1 Å². The SMILES string of the molecule is CN(C)C(=O)c1ccc(N(CCO)C(=O)CCC(=O)Nc2ccc3c(c2)CN=C3N)cc1. The van der Waals surface area contributed by atoms with Crippen molar-refractivity contribution in [3.05, 3.63) is 59.2 Å². The molecule has 3 rings (SSSR count). The summed E-state index contributed by atoms with van der Waals surface area (Å²) in [5.41, 5.74) is 9.29. The van der Waals surface area contributed by atoms with Crippen molar-refractivity contribution in [1.29, 1.82) is 0 Å². The minimum absolute atomic E-state index is 0.00627. The van der Waals surface area contributed by atoms with E-state index in [1.165, 1.54) is 9.80 Å². The highest BCUT2D eigenvalue weighted by atomic mass is 16.3. The minimum Gasteiger partial charge on any atom is -0.395 e. The number of hydrogen-bond donors (Lipinski definition) is 3. The van der Waals surface area contributed by atoms with Gasteiger partial charge in [-0.1, -0.05) is 0 Å². The Balaban J connectivity index is 1.59. The van der Waals surface area contributed by atoms with E-state index in [2.05, 4.69) is 10.3 Å². The molecular weight excluding hydrogens is 410 g/mol. The number of aliphatic hydroxyl groups excluding tert-OH is 1. The topological polar surface area (TPSA) is 128 Å². The van der Waals surface area contributed by atoms with Crippen LogP contribution < -0.4 is 16.0 Å². The van der Waals surface area contributed by atoms with Crippen molar-refractivity contribution >= 4 is 34.9 Å². The first-order chi connectivity index (χ1) is 15.3. The van der Waals surface area contributed by atoms with Crippen LogP contribution >= 0.6 is 0 Å². The van der Waals surface area contributed by atoms with Gasteiger partial charge >= 0.3 is 0 Å². The zero-order valence-electron chi connectivity index (χ0n) is 18.2. The van der Waals surface area contributed by atoms with E-state index in [1.807, 2.05) is 12.1 Å². The molecule has 0 unspecified atom stereocenters. The van der Waals surface area contributed by atoms with Crippen LogP contribution in [0.25, 0.3) is 0 Å². The summed E-state index contributed by atoms with van der Waals surface area (Å²) in [6.45, 7) is 0.350. The van der Waals surface area contributed by atoms with E-state index in [0.717, 1.165) is 11.1 Å². The van der Waals surface area contributed by atoms with Crippen LogP contribution in [0.1, 0.15) is 34.3 Å². The number of nitrogens with zero attached hydrogens (tertiary/aromatic N) is 3. The minimum atomic E-state index is -0.295. The lowest BCUT2D eigenvalue weighted by molar-refractivity contribution is -0.122. The molecule has 1 aliphatic heterocycles. The summed E-state index contributed by atoms with van der Waals surface area (Å²) in [7, 11) is 3.32. The third-order valence-electron chi connectivity index (χ3n) is 5.11. The molecule has 2 aromatic rings. The molecule has 0 bridgehead atoms. The number of aliphatic hydroxyl groups is 1. The van der Waals surface area contributed by atoms with Crippen LogP contribution in [0.15, 0.2) is 47.5 Å². The molecule has 9 heteroatoms. The third kappa shape index (κ3) is 5.30. The fraction of sp³-hybridized carbons (Fsp3) is 0.304. The summed E-state index contributed by atoms with van der Waals surface area (Å²) in [4.78, 5) is 44.2. The molecule has 1 aliphatic rings. The predicted octanol–water partition coefficient (Wildman–Crippen LogP) is 1.35. The number of fused-ring (bicyclic) bond motifs is 1. The summed E-state index contributed by atoms with van der Waals surface area (Å²) in [6.07, 6.45) is -0.0289. The molecule has 0 saturated heterocycles. The number of hydrogen-bond acceptors (Lipinski definition) is 6. The van der Waals surface area contributed by atoms with Crippen LogP contribution in [0, 0.1) is 0 Å². The molecule has 2 aromatic carbocycles. The van der Waals surface area contributed by atoms with Crippen molar-refractivity contribution in [1.82, 2.24) is 4.90 Å². The van der Waals surface area contributed by atoms with Crippen LogP contribution in [0.5, 0.6) is 0 Å². The molecule has 168 valence electrons. The molecule has 4 N–H and O–H groups in total. The van der Waals surface area contributed by atoms with Gasteiger partial charge in [-0.15, -0.1) is 0 Å². The highest BCUT2D eigenvalue weighted by molar-refractivity contribution is 6.02. The van der Waals surface area contributed by atoms with Gasteiger partial charge in [-0.05, 0) is 48.0 Å². The molecule has 0 aliphatic carbocycles. The lowest BCUT2D eigenvalue weighted by atomic mass is 10.1. The van der Waals surface area contributed by atoms with E-state index >= 15 is 0 Å². The quantitative estimate of drug-likeness (QED) is 0.574. The summed E-state index contributed by atoms with van der Waals surface area (Å²) < 4.78 is 0. The smallest absolute Gasteiger partial charge is 0.253 e. The molecule has 0 fully saturated rings. The van der Waals surface area contributed by atoms with Crippen molar-refractivity contribution in [3.63, 3.8) is 0 Å². The Hall–Kier alpha value is -3.72. The molecule has 0 radical (unpaired) electrons. The lowest BCUT2D eigenvalue weighted by Crippen LogP contribution is -2.34. The Kier molecular flexibility index (Phi) is 7.21. The van der Waals surface area contributed by atoms with Gasteiger partial charge in [0.15, 0.2) is 0 Å². The van der Waals surface area contributed by atoms with E-state index in [1.54, 1.807) is 44.4 Å². The van der Waals surface area contributed by atoms with Gasteiger partial charge in [0.2, 0.25) is 11.8 Å². The number of nitrogens with one attached hydrogen (secondary N) is 1. The van der Waals surface area contributed by atoms with Crippen LogP contribution in [0.2, 0.25) is 0 Å². The molecule has 32 heavy (non-hydrogen) atoms. The summed E-state index contributed by atoms with van der Waals surface area (Å²) in [5.74, 6) is -0.238. The van der Waals surface area contributed by atoms with Crippen molar-refractivity contribution in [2.75, 3.05) is 37.5 Å². The second-order valence-corrected chi connectivity index (χ2v) is 7.64. The normalized spacial score (nSPS) is 12.0. The van der Waals surface area contributed by atoms with Crippen molar-refractivity contribution < 1.29 is 19.5 Å². The number of carbonyl (C=O) groups excluding carboxylic acids is 3. The monoisotopic (exact) mass is 437 g/mol. The van der Waals surface area contributed by atoms with E-state index in [-0.39, 0.29) is 43.7 Å². The van der Waals surface area contributed by atoms with E-state index in [9.17, 15) is 19.5 Å². The van der Waals surface area contributed by atoms with Crippen molar-refractivity contribution in [2.45, 2.75) is 19.4 Å². The van der Waals surface area contributed by atoms with E-state index in [0.29, 0.717) is 29.3 Å². The fourth-order valence-corrected chi connectivity index (χ4v) is 3.43. The lowest BCUT2D eigenvalue weighted by Gasteiger charge is -2.22. The molecule has 0 aromatic heterocycles. The maximum atomic E-state index is 12.7. The van der Waals surface area contributed by atoms with Gasteiger partial charge in [-0.25, -0.2) is 0 Å². The molecule has 0 saturated carbocycles. The largest absolute Gasteiger partial charge is 0.395 e. The predicted molar refractivity (Wildman–Crippen MR) is 123 cm³/mol. The van der Waals surface area contributed by atoms with Crippen molar-refractivity contribution in [2.24, 2.45) is 10.7 Å². The van der Waals surface area contributed by atoms with E-state index < -0.39 is 0 Å². The molecule has 3 amide bonds. The Labute approximate surface area is 186 Å². The summed E-state index contributed by atoms with van der Waals surface area (Å²) in [5, 5.41) is 12.2. The number of benzene rings is 2. The Morgan fingerprint density at radius 1 is 1.09 bits per heavy atom. The van der Waals surface area contributed by atoms with Gasteiger partial charge in [-0.3, -0.25) is 19.4 Å². The maximum Gasteiger partial charge on any atom is 0.253 e. The molecular formula is C23H27N5O4. The average Bonchev–Trinajstić information content (AvgIpc) is 3.15.